The van der Waals surface area contributed by atoms with Crippen molar-refractivity contribution in [3.8, 4) is 0 Å². The van der Waals surface area contributed by atoms with Gasteiger partial charge in [-0.1, -0.05) is 23.4 Å². The van der Waals surface area contributed by atoms with Gasteiger partial charge in [0.15, 0.2) is 5.82 Å². The number of amides is 2. The van der Waals surface area contributed by atoms with Crippen molar-refractivity contribution in [2.75, 3.05) is 13.2 Å². The van der Waals surface area contributed by atoms with Gasteiger partial charge in [0.25, 0.3) is 5.91 Å². The van der Waals surface area contributed by atoms with Gasteiger partial charge >= 0.3 is 0 Å². The number of nitrogens with zero attached hydrogens (tertiary/aromatic N) is 3. The number of ether oxygens (including phenoxy) is 1. The van der Waals surface area contributed by atoms with Crippen molar-refractivity contribution in [2.24, 2.45) is 0 Å². The molecule has 8 nitrogen and oxygen atoms in total. The fraction of sp³-hybridized carbons (Fsp3) is 0.474. The van der Waals surface area contributed by atoms with E-state index >= 15 is 0 Å². The molecule has 8 heteroatoms. The Bertz CT molecular complexity index is 857. The predicted octanol–water partition coefficient (Wildman–Crippen LogP) is 1.59. The highest BCUT2D eigenvalue weighted by Crippen LogP contribution is 2.38. The molecule has 1 aromatic heterocycles. The number of benzene rings is 1. The maximum absolute atomic E-state index is 13.0. The van der Waals surface area contributed by atoms with Crippen LogP contribution in [0.3, 0.4) is 0 Å². The summed E-state index contributed by atoms with van der Waals surface area (Å²) in [7, 11) is 0. The lowest BCUT2D eigenvalue weighted by Crippen LogP contribution is -2.54. The molecule has 3 heterocycles. The summed E-state index contributed by atoms with van der Waals surface area (Å²) < 4.78 is 10.5. The third-order valence-electron chi connectivity index (χ3n) is 5.31. The lowest BCUT2D eigenvalue weighted by Gasteiger charge is -2.44. The summed E-state index contributed by atoms with van der Waals surface area (Å²) in [5, 5.41) is 6.54. The van der Waals surface area contributed by atoms with Gasteiger partial charge < -0.3 is 19.5 Å². The molecule has 4 rings (SSSR count). The third-order valence-corrected chi connectivity index (χ3v) is 5.31. The lowest BCUT2D eigenvalue weighted by atomic mass is 9.84. The number of carbonyl (C=O) groups excluding carboxylic acids is 2. The van der Waals surface area contributed by atoms with Crippen LogP contribution in [0.25, 0.3) is 0 Å². The van der Waals surface area contributed by atoms with Crippen LogP contribution in [-0.2, 0) is 22.6 Å². The van der Waals surface area contributed by atoms with Gasteiger partial charge in [0.05, 0.1) is 18.5 Å². The van der Waals surface area contributed by atoms with E-state index in [1.54, 1.807) is 6.92 Å². The summed E-state index contributed by atoms with van der Waals surface area (Å²) in [6, 6.07) is 7.63. The molecule has 0 aliphatic carbocycles. The zero-order chi connectivity index (χ0) is 18.9. The number of aryl methyl sites for hydroxylation is 1. The highest BCUT2D eigenvalue weighted by molar-refractivity contribution is 5.99. The van der Waals surface area contributed by atoms with Gasteiger partial charge in [0.2, 0.25) is 11.8 Å². The Kier molecular flexibility index (Phi) is 4.65. The number of hydrogen-bond donors (Lipinski definition) is 1. The molecule has 0 radical (unpaired) electrons. The van der Waals surface area contributed by atoms with Gasteiger partial charge in [-0.3, -0.25) is 9.59 Å². The number of aromatic nitrogens is 2. The minimum Gasteiger partial charge on any atom is -0.381 e. The number of rotatable bonds is 5. The highest BCUT2D eigenvalue weighted by Gasteiger charge is 2.46. The average molecular weight is 370 g/mol. The maximum Gasteiger partial charge on any atom is 0.254 e. The summed E-state index contributed by atoms with van der Waals surface area (Å²) in [5.74, 6) is 0.747. The van der Waals surface area contributed by atoms with Crippen LogP contribution < -0.4 is 5.32 Å². The second kappa shape index (κ2) is 7.11. The summed E-state index contributed by atoms with van der Waals surface area (Å²) in [4.78, 5) is 31.6. The Balaban J connectivity index is 1.49. The first-order valence-corrected chi connectivity index (χ1v) is 9.11. The Morgan fingerprint density at radius 1 is 1.30 bits per heavy atom. The second-order valence-electron chi connectivity index (χ2n) is 7.07. The molecule has 1 aromatic carbocycles. The summed E-state index contributed by atoms with van der Waals surface area (Å²) in [6.07, 6.45) is 1.50. The second-order valence-corrected chi connectivity index (χ2v) is 7.07. The van der Waals surface area contributed by atoms with Gasteiger partial charge in [0.1, 0.15) is 0 Å². The molecule has 0 unspecified atom stereocenters. The Labute approximate surface area is 156 Å². The first-order valence-electron chi connectivity index (χ1n) is 9.11. The molecule has 27 heavy (non-hydrogen) atoms. The number of hydrogen-bond acceptors (Lipinski definition) is 6. The summed E-state index contributed by atoms with van der Waals surface area (Å²) >= 11 is 0. The number of nitrogens with one attached hydrogen (secondary N) is 1. The molecule has 2 aliphatic rings. The van der Waals surface area contributed by atoms with Crippen molar-refractivity contribution >= 4 is 11.8 Å². The van der Waals surface area contributed by atoms with Crippen LogP contribution in [0.2, 0.25) is 0 Å². The first kappa shape index (κ1) is 17.7. The van der Waals surface area contributed by atoms with E-state index in [4.69, 9.17) is 9.26 Å². The van der Waals surface area contributed by atoms with Gasteiger partial charge in [0, 0.05) is 25.3 Å². The van der Waals surface area contributed by atoms with Crippen LogP contribution >= 0.6 is 0 Å². The standard InChI is InChI=1S/C19H22N4O4/c1-13-21-17(27-22-13)11-20-16(24)10-19(6-8-26-9-7-19)23-12-14-4-2-3-5-15(14)18(23)25/h2-5H,6-12H2,1H3,(H,20,24). The van der Waals surface area contributed by atoms with Crippen molar-refractivity contribution < 1.29 is 18.8 Å². The van der Waals surface area contributed by atoms with E-state index in [9.17, 15) is 9.59 Å². The topological polar surface area (TPSA) is 97.6 Å². The largest absolute Gasteiger partial charge is 0.381 e. The van der Waals surface area contributed by atoms with E-state index < -0.39 is 5.54 Å². The Morgan fingerprint density at radius 2 is 2.07 bits per heavy atom. The zero-order valence-corrected chi connectivity index (χ0v) is 15.2. The molecule has 0 spiro atoms. The van der Waals surface area contributed by atoms with Crippen LogP contribution in [-0.4, -0.2) is 45.6 Å². The quantitative estimate of drug-likeness (QED) is 0.858. The molecule has 1 fully saturated rings. The first-order chi connectivity index (χ1) is 13.1. The van der Waals surface area contributed by atoms with E-state index in [-0.39, 0.29) is 24.8 Å². The third kappa shape index (κ3) is 3.44. The monoisotopic (exact) mass is 370 g/mol. The average Bonchev–Trinajstić information content (AvgIpc) is 3.25. The van der Waals surface area contributed by atoms with Crippen LogP contribution in [0.1, 0.15) is 46.9 Å². The fourth-order valence-corrected chi connectivity index (χ4v) is 3.88. The van der Waals surface area contributed by atoms with Crippen molar-refractivity contribution in [2.45, 2.75) is 44.8 Å². The SMILES string of the molecule is Cc1noc(CNC(=O)CC2(N3Cc4ccccc4C3=O)CCOCC2)n1. The predicted molar refractivity (Wildman–Crippen MR) is 94.6 cm³/mol. The normalized spacial score (nSPS) is 18.4. The molecule has 0 bridgehead atoms. The Morgan fingerprint density at radius 3 is 2.78 bits per heavy atom. The number of carbonyl (C=O) groups is 2. The molecule has 1 saturated heterocycles. The van der Waals surface area contributed by atoms with E-state index in [0.29, 0.717) is 44.3 Å². The molecule has 2 aliphatic heterocycles. The smallest absolute Gasteiger partial charge is 0.254 e. The van der Waals surface area contributed by atoms with Crippen LogP contribution in [0.4, 0.5) is 0 Å². The molecular formula is C19H22N4O4. The number of fused-ring (bicyclic) bond motifs is 1. The van der Waals surface area contributed by atoms with Crippen molar-refractivity contribution in [3.05, 3.63) is 47.1 Å². The molecule has 2 aromatic rings. The molecule has 1 N–H and O–H groups in total. The molecule has 142 valence electrons. The van der Waals surface area contributed by atoms with E-state index in [1.165, 1.54) is 0 Å². The van der Waals surface area contributed by atoms with Gasteiger partial charge in [-0.05, 0) is 31.4 Å². The van der Waals surface area contributed by atoms with Crippen molar-refractivity contribution in [1.82, 2.24) is 20.4 Å². The van der Waals surface area contributed by atoms with Crippen LogP contribution in [0.5, 0.6) is 0 Å². The van der Waals surface area contributed by atoms with Gasteiger partial charge in [-0.25, -0.2) is 0 Å². The molecule has 0 atom stereocenters. The van der Waals surface area contributed by atoms with Crippen molar-refractivity contribution in [3.63, 3.8) is 0 Å². The van der Waals surface area contributed by atoms with E-state index in [2.05, 4.69) is 15.5 Å². The van der Waals surface area contributed by atoms with E-state index in [1.807, 2.05) is 29.2 Å². The summed E-state index contributed by atoms with van der Waals surface area (Å²) in [6.45, 7) is 3.51. The zero-order valence-electron chi connectivity index (χ0n) is 15.2. The highest BCUT2D eigenvalue weighted by atomic mass is 16.5. The van der Waals surface area contributed by atoms with Crippen LogP contribution in [0, 0.1) is 6.92 Å². The lowest BCUT2D eigenvalue weighted by molar-refractivity contribution is -0.126. The minimum atomic E-state index is -0.538. The maximum atomic E-state index is 13.0. The fourth-order valence-electron chi connectivity index (χ4n) is 3.88. The summed E-state index contributed by atoms with van der Waals surface area (Å²) in [5.41, 5.74) is 1.20. The minimum absolute atomic E-state index is 0.00664. The van der Waals surface area contributed by atoms with Crippen molar-refractivity contribution in [1.29, 1.82) is 0 Å². The molecule has 0 saturated carbocycles. The van der Waals surface area contributed by atoms with Gasteiger partial charge in [-0.15, -0.1) is 0 Å². The molecule has 2 amide bonds. The molecular weight excluding hydrogens is 348 g/mol. The van der Waals surface area contributed by atoms with Gasteiger partial charge in [-0.2, -0.15) is 4.98 Å². The van der Waals surface area contributed by atoms with Crippen LogP contribution in [0.15, 0.2) is 28.8 Å². The van der Waals surface area contributed by atoms with E-state index in [0.717, 1.165) is 11.1 Å². The Hall–Kier alpha value is -2.74.